The molecule has 0 atom stereocenters. The number of halogens is 3. The van der Waals surface area contributed by atoms with E-state index in [1.165, 1.54) is 12.1 Å². The van der Waals surface area contributed by atoms with Gasteiger partial charge in [-0.15, -0.1) is 0 Å². The summed E-state index contributed by atoms with van der Waals surface area (Å²) < 4.78 is 37.2. The highest BCUT2D eigenvalue weighted by Crippen LogP contribution is 2.29. The van der Waals surface area contributed by atoms with Crippen LogP contribution in [-0.2, 0) is 6.18 Å². The maximum Gasteiger partial charge on any atom is 0.416 e. The van der Waals surface area contributed by atoms with Crippen LogP contribution in [0.1, 0.15) is 28.8 Å². The highest BCUT2D eigenvalue weighted by molar-refractivity contribution is 5.94. The van der Waals surface area contributed by atoms with E-state index in [4.69, 9.17) is 0 Å². The molecule has 2 N–H and O–H groups in total. The van der Waals surface area contributed by atoms with Gasteiger partial charge >= 0.3 is 6.18 Å². The van der Waals surface area contributed by atoms with Gasteiger partial charge in [0.25, 0.3) is 5.91 Å². The molecule has 0 aromatic heterocycles. The maximum absolute atomic E-state index is 12.4. The predicted molar refractivity (Wildman–Crippen MR) is 69.4 cm³/mol. The van der Waals surface area contributed by atoms with Gasteiger partial charge in [0.05, 0.1) is 5.56 Å². The van der Waals surface area contributed by atoms with Crippen molar-refractivity contribution in [3.8, 4) is 0 Å². The van der Waals surface area contributed by atoms with Crippen LogP contribution < -0.4 is 10.6 Å². The molecule has 0 radical (unpaired) electrons. The summed E-state index contributed by atoms with van der Waals surface area (Å²) in [4.78, 5) is 11.8. The molecule has 1 heterocycles. The first-order chi connectivity index (χ1) is 9.47. The summed E-state index contributed by atoms with van der Waals surface area (Å²) >= 11 is 0. The zero-order valence-corrected chi connectivity index (χ0v) is 11.0. The highest BCUT2D eigenvalue weighted by Gasteiger charge is 2.30. The Morgan fingerprint density at radius 2 is 1.80 bits per heavy atom. The molecule has 1 aliphatic heterocycles. The second kappa shape index (κ2) is 6.26. The van der Waals surface area contributed by atoms with Crippen LogP contribution in [0.4, 0.5) is 13.2 Å². The van der Waals surface area contributed by atoms with Gasteiger partial charge in [-0.05, 0) is 56.1 Å². The molecule has 1 amide bonds. The molecule has 110 valence electrons. The second-order valence-corrected chi connectivity index (χ2v) is 4.98. The summed E-state index contributed by atoms with van der Waals surface area (Å²) in [6.45, 7) is 2.46. The van der Waals surface area contributed by atoms with Gasteiger partial charge in [-0.3, -0.25) is 4.79 Å². The maximum atomic E-state index is 12.4. The summed E-state index contributed by atoms with van der Waals surface area (Å²) in [5.41, 5.74) is -0.487. The van der Waals surface area contributed by atoms with Crippen LogP contribution in [0.25, 0.3) is 0 Å². The van der Waals surface area contributed by atoms with E-state index in [0.717, 1.165) is 38.1 Å². The lowest BCUT2D eigenvalue weighted by Gasteiger charge is -2.22. The fourth-order valence-electron chi connectivity index (χ4n) is 2.24. The van der Waals surface area contributed by atoms with Crippen molar-refractivity contribution >= 4 is 5.91 Å². The molecule has 1 saturated heterocycles. The van der Waals surface area contributed by atoms with Crippen LogP contribution in [0.2, 0.25) is 0 Å². The number of hydrogen-bond acceptors (Lipinski definition) is 2. The van der Waals surface area contributed by atoms with Crippen LogP contribution in [0.15, 0.2) is 24.3 Å². The molecule has 20 heavy (non-hydrogen) atoms. The van der Waals surface area contributed by atoms with E-state index < -0.39 is 11.7 Å². The van der Waals surface area contributed by atoms with E-state index in [2.05, 4.69) is 10.6 Å². The lowest BCUT2D eigenvalue weighted by molar-refractivity contribution is -0.137. The summed E-state index contributed by atoms with van der Waals surface area (Å²) in [5, 5.41) is 6.01. The molecule has 0 unspecified atom stereocenters. The van der Waals surface area contributed by atoms with Crippen molar-refractivity contribution in [2.24, 2.45) is 5.92 Å². The average Bonchev–Trinajstić information content (AvgIpc) is 2.45. The molecule has 6 heteroatoms. The van der Waals surface area contributed by atoms with Crippen LogP contribution >= 0.6 is 0 Å². The van der Waals surface area contributed by atoms with Crippen molar-refractivity contribution in [2.75, 3.05) is 19.6 Å². The molecule has 1 aliphatic rings. The quantitative estimate of drug-likeness (QED) is 0.896. The first-order valence-corrected chi connectivity index (χ1v) is 6.63. The summed E-state index contributed by atoms with van der Waals surface area (Å²) in [6, 6.07) is 4.28. The van der Waals surface area contributed by atoms with Gasteiger partial charge in [0.15, 0.2) is 0 Å². The summed E-state index contributed by atoms with van der Waals surface area (Å²) in [5.74, 6) is 0.118. The Kier molecular flexibility index (Phi) is 4.65. The molecular formula is C14H17F3N2O. The largest absolute Gasteiger partial charge is 0.416 e. The van der Waals surface area contributed by atoms with Gasteiger partial charge in [0.1, 0.15) is 0 Å². The number of hydrogen-bond donors (Lipinski definition) is 2. The van der Waals surface area contributed by atoms with Crippen LogP contribution in [0, 0.1) is 5.92 Å². The molecule has 2 rings (SSSR count). The lowest BCUT2D eigenvalue weighted by Crippen LogP contribution is -2.35. The fourth-order valence-corrected chi connectivity index (χ4v) is 2.24. The highest BCUT2D eigenvalue weighted by atomic mass is 19.4. The van der Waals surface area contributed by atoms with Crippen molar-refractivity contribution in [1.82, 2.24) is 10.6 Å². The number of piperidine rings is 1. The number of benzene rings is 1. The first kappa shape index (κ1) is 14.8. The fraction of sp³-hybridized carbons (Fsp3) is 0.500. The van der Waals surface area contributed by atoms with Gasteiger partial charge in [-0.1, -0.05) is 0 Å². The molecule has 3 nitrogen and oxygen atoms in total. The number of carbonyl (C=O) groups is 1. The van der Waals surface area contributed by atoms with E-state index in [0.29, 0.717) is 12.5 Å². The van der Waals surface area contributed by atoms with Crippen LogP contribution in [0.3, 0.4) is 0 Å². The Hall–Kier alpha value is -1.56. The van der Waals surface area contributed by atoms with Crippen LogP contribution in [-0.4, -0.2) is 25.5 Å². The normalized spacial score (nSPS) is 16.9. The zero-order valence-electron chi connectivity index (χ0n) is 11.0. The zero-order chi connectivity index (χ0) is 14.6. The van der Waals surface area contributed by atoms with Gasteiger partial charge in [-0.2, -0.15) is 13.2 Å². The van der Waals surface area contributed by atoms with Gasteiger partial charge in [-0.25, -0.2) is 0 Å². The molecule has 1 aromatic carbocycles. The van der Waals surface area contributed by atoms with E-state index >= 15 is 0 Å². The smallest absolute Gasteiger partial charge is 0.352 e. The van der Waals surface area contributed by atoms with Gasteiger partial charge in [0, 0.05) is 12.1 Å². The van der Waals surface area contributed by atoms with Crippen molar-refractivity contribution in [3.05, 3.63) is 35.4 Å². The van der Waals surface area contributed by atoms with Crippen molar-refractivity contribution in [2.45, 2.75) is 19.0 Å². The SMILES string of the molecule is O=C(NCC1CCNCC1)c1ccc(C(F)(F)F)cc1. The van der Waals surface area contributed by atoms with Crippen molar-refractivity contribution < 1.29 is 18.0 Å². The average molecular weight is 286 g/mol. The van der Waals surface area contributed by atoms with Crippen molar-refractivity contribution in [3.63, 3.8) is 0 Å². The Labute approximate surface area is 115 Å². The van der Waals surface area contributed by atoms with Crippen LogP contribution in [0.5, 0.6) is 0 Å². The molecule has 1 fully saturated rings. The van der Waals surface area contributed by atoms with Gasteiger partial charge < -0.3 is 10.6 Å². The first-order valence-electron chi connectivity index (χ1n) is 6.63. The third-order valence-corrected chi connectivity index (χ3v) is 3.48. The third-order valence-electron chi connectivity index (χ3n) is 3.48. The summed E-state index contributed by atoms with van der Waals surface area (Å²) in [6.07, 6.45) is -2.36. The van der Waals surface area contributed by atoms with E-state index in [1.54, 1.807) is 0 Å². The molecule has 0 aliphatic carbocycles. The topological polar surface area (TPSA) is 41.1 Å². The standard InChI is InChI=1S/C14H17F3N2O/c15-14(16,17)12-3-1-11(2-4-12)13(20)19-9-10-5-7-18-8-6-10/h1-4,10,18H,5-9H2,(H,19,20). The Bertz CT molecular complexity index is 450. The third kappa shape index (κ3) is 3.96. The minimum absolute atomic E-state index is 0.256. The molecule has 0 spiro atoms. The number of carbonyl (C=O) groups excluding carboxylic acids is 1. The number of alkyl halides is 3. The molecule has 0 bridgehead atoms. The van der Waals surface area contributed by atoms with E-state index in [1.807, 2.05) is 0 Å². The van der Waals surface area contributed by atoms with E-state index in [-0.39, 0.29) is 11.5 Å². The van der Waals surface area contributed by atoms with E-state index in [9.17, 15) is 18.0 Å². The summed E-state index contributed by atoms with van der Waals surface area (Å²) in [7, 11) is 0. The Morgan fingerprint density at radius 3 is 2.35 bits per heavy atom. The molecule has 1 aromatic rings. The lowest BCUT2D eigenvalue weighted by atomic mass is 9.98. The Morgan fingerprint density at radius 1 is 1.20 bits per heavy atom. The number of amides is 1. The molecular weight excluding hydrogens is 269 g/mol. The van der Waals surface area contributed by atoms with Gasteiger partial charge in [0.2, 0.25) is 0 Å². The number of rotatable bonds is 3. The second-order valence-electron chi connectivity index (χ2n) is 4.98. The minimum atomic E-state index is -4.37. The Balaban J connectivity index is 1.89. The predicted octanol–water partition coefficient (Wildman–Crippen LogP) is 2.43. The molecule has 0 saturated carbocycles. The monoisotopic (exact) mass is 286 g/mol. The van der Waals surface area contributed by atoms with Crippen molar-refractivity contribution in [1.29, 1.82) is 0 Å². The minimum Gasteiger partial charge on any atom is -0.352 e. The number of nitrogens with one attached hydrogen (secondary N) is 2.